The van der Waals surface area contributed by atoms with Crippen LogP contribution in [0.25, 0.3) is 0 Å². The molecule has 13 heteroatoms. The highest BCUT2D eigenvalue weighted by atomic mass is 32.2. The summed E-state index contributed by atoms with van der Waals surface area (Å²) in [6, 6.07) is 6.76. The second kappa shape index (κ2) is 30.1. The van der Waals surface area contributed by atoms with E-state index in [2.05, 4.69) is 80.6 Å². The number of allylic oxidation sites excluding steroid dienone is 1. The van der Waals surface area contributed by atoms with Gasteiger partial charge in [-0.1, -0.05) is 130 Å². The molecule has 366 valence electrons. The molecule has 0 radical (unpaired) electrons. The SMILES string of the molecule is C#CCCC/C=C/[C@@H](OCOC)[C@@H](O)CC[C@@H](O[Si](C)(C)C(C)(C)C)[C@@H](CC[C@H](OS(=O)(=O)c1ccc(C)cc1)[C@@H](CCCCCCCCCC)OCOC)O[Si](C)(C)C(C)(C)C. The van der Waals surface area contributed by atoms with Crippen LogP contribution in [0.2, 0.25) is 36.3 Å². The van der Waals surface area contributed by atoms with E-state index < -0.39 is 63.4 Å². The maximum absolute atomic E-state index is 14.1. The van der Waals surface area contributed by atoms with E-state index in [4.69, 9.17) is 38.4 Å². The lowest BCUT2D eigenvalue weighted by Gasteiger charge is -2.45. The third-order valence-electron chi connectivity index (χ3n) is 12.9. The monoisotopic (exact) mass is 941 g/mol. The van der Waals surface area contributed by atoms with Crippen molar-refractivity contribution < 1.29 is 45.5 Å². The van der Waals surface area contributed by atoms with Crippen molar-refractivity contribution in [1.82, 2.24) is 0 Å². The molecule has 63 heavy (non-hydrogen) atoms. The van der Waals surface area contributed by atoms with Crippen LogP contribution in [-0.4, -0.2) is 94.6 Å². The van der Waals surface area contributed by atoms with Crippen molar-refractivity contribution in [3.63, 3.8) is 0 Å². The normalized spacial score (nSPS) is 16.2. The Balaban J connectivity index is 3.77. The Hall–Kier alpha value is -1.42. The van der Waals surface area contributed by atoms with Gasteiger partial charge >= 0.3 is 0 Å². The van der Waals surface area contributed by atoms with Crippen molar-refractivity contribution in [1.29, 1.82) is 0 Å². The molecule has 0 saturated heterocycles. The third-order valence-corrected chi connectivity index (χ3v) is 23.3. The molecule has 0 aliphatic heterocycles. The smallest absolute Gasteiger partial charge is 0.297 e. The van der Waals surface area contributed by atoms with Crippen molar-refractivity contribution in [2.24, 2.45) is 0 Å². The van der Waals surface area contributed by atoms with Crippen LogP contribution in [0, 0.1) is 19.3 Å². The molecule has 0 aliphatic carbocycles. The number of unbranched alkanes of at least 4 members (excludes halogenated alkanes) is 9. The van der Waals surface area contributed by atoms with Gasteiger partial charge in [-0.2, -0.15) is 8.42 Å². The molecule has 1 aromatic carbocycles. The number of aliphatic hydroxyl groups excluding tert-OH is 1. The van der Waals surface area contributed by atoms with Crippen LogP contribution in [0.1, 0.15) is 157 Å². The van der Waals surface area contributed by atoms with Gasteiger partial charge in [0.05, 0.1) is 29.3 Å². The number of terminal acetylenes is 1. The number of hydrogen-bond acceptors (Lipinski definition) is 10. The van der Waals surface area contributed by atoms with E-state index >= 15 is 0 Å². The molecule has 0 aliphatic rings. The van der Waals surface area contributed by atoms with E-state index in [9.17, 15) is 13.5 Å². The summed E-state index contributed by atoms with van der Waals surface area (Å²) in [6.07, 6.45) is 19.4. The van der Waals surface area contributed by atoms with E-state index in [0.29, 0.717) is 38.5 Å². The van der Waals surface area contributed by atoms with Gasteiger partial charge in [0.15, 0.2) is 16.6 Å². The lowest BCUT2D eigenvalue weighted by atomic mass is 9.96. The fraction of sp³-hybridized carbons (Fsp3) is 0.800. The number of hydrogen-bond donors (Lipinski definition) is 1. The van der Waals surface area contributed by atoms with Crippen LogP contribution in [0.4, 0.5) is 0 Å². The average Bonchev–Trinajstić information content (AvgIpc) is 3.19. The van der Waals surface area contributed by atoms with Gasteiger partial charge in [-0.05, 0) is 100 Å². The molecular formula is C50H92O10SSi2. The Morgan fingerprint density at radius 2 is 1.19 bits per heavy atom. The lowest BCUT2D eigenvalue weighted by molar-refractivity contribution is -0.112. The highest BCUT2D eigenvalue weighted by Crippen LogP contribution is 2.42. The minimum Gasteiger partial charge on any atom is -0.411 e. The van der Waals surface area contributed by atoms with E-state index in [1.807, 2.05) is 19.1 Å². The summed E-state index contributed by atoms with van der Waals surface area (Å²) >= 11 is 0. The van der Waals surface area contributed by atoms with Gasteiger partial charge in [0.1, 0.15) is 25.8 Å². The van der Waals surface area contributed by atoms with Crippen LogP contribution in [0.5, 0.6) is 0 Å². The zero-order chi connectivity index (χ0) is 47.7. The van der Waals surface area contributed by atoms with Crippen LogP contribution in [-0.2, 0) is 42.1 Å². The maximum atomic E-state index is 14.1. The second-order valence-electron chi connectivity index (χ2n) is 20.4. The Kier molecular flexibility index (Phi) is 28.4. The molecule has 0 fully saturated rings. The van der Waals surface area contributed by atoms with Crippen molar-refractivity contribution in [3.8, 4) is 12.3 Å². The van der Waals surface area contributed by atoms with Gasteiger partial charge in [0, 0.05) is 20.6 Å². The van der Waals surface area contributed by atoms with Crippen molar-refractivity contribution in [2.45, 2.75) is 236 Å². The Bertz CT molecular complexity index is 1530. The maximum Gasteiger partial charge on any atom is 0.297 e. The van der Waals surface area contributed by atoms with Gasteiger partial charge in [0.2, 0.25) is 0 Å². The van der Waals surface area contributed by atoms with Crippen LogP contribution in [0.3, 0.4) is 0 Å². The topological polar surface area (TPSA) is 119 Å². The van der Waals surface area contributed by atoms with Gasteiger partial charge < -0.3 is 32.9 Å². The molecule has 0 aromatic heterocycles. The first kappa shape index (κ1) is 59.6. The summed E-state index contributed by atoms with van der Waals surface area (Å²) < 4.78 is 72.2. The van der Waals surface area contributed by atoms with Crippen molar-refractivity contribution >= 4 is 26.8 Å². The third kappa shape index (κ3) is 23.2. The zero-order valence-corrected chi connectivity index (χ0v) is 45.1. The molecule has 0 saturated carbocycles. The molecule has 0 heterocycles. The first-order valence-electron chi connectivity index (χ1n) is 23.8. The molecule has 1 rings (SSSR count). The number of aryl methyl sites for hydroxylation is 1. The highest BCUT2D eigenvalue weighted by Gasteiger charge is 2.45. The summed E-state index contributed by atoms with van der Waals surface area (Å²) in [5, 5.41) is 11.5. The van der Waals surface area contributed by atoms with Gasteiger partial charge in [-0.25, -0.2) is 0 Å². The zero-order valence-electron chi connectivity index (χ0n) is 42.3. The van der Waals surface area contributed by atoms with E-state index in [1.54, 1.807) is 38.5 Å². The number of methoxy groups -OCH3 is 2. The standard InChI is InChI=1S/C50H92O10SSi2/c1-16-18-20-22-23-24-26-28-30-45(57-40-55-11)46(58-61(52,53)42-33-31-41(3)32-34-42)37-38-48(60-63(14,15)50(7,8)9)47(59-62(12,13)49(4,5)6)36-35-43(51)44(56-39-54-10)29-27-25-21-19-17-2/h2,27,29,31-34,43-48,51H,16,18-26,28,30,35-40H2,1,3-15H3/b29-27+/t43-,44+,45+,46-,47+,48+/m0/s1. The molecule has 6 atom stereocenters. The van der Waals surface area contributed by atoms with Crippen LogP contribution < -0.4 is 0 Å². The van der Waals surface area contributed by atoms with Crippen LogP contribution >= 0.6 is 0 Å². The van der Waals surface area contributed by atoms with Gasteiger partial charge in [-0.3, -0.25) is 4.18 Å². The Labute approximate surface area is 388 Å². The fourth-order valence-corrected chi connectivity index (χ4v) is 10.7. The summed E-state index contributed by atoms with van der Waals surface area (Å²) in [6.45, 7) is 26.5. The molecule has 0 amide bonds. The number of ether oxygens (including phenoxy) is 4. The van der Waals surface area contributed by atoms with E-state index in [-0.39, 0.29) is 28.6 Å². The molecule has 1 aromatic rings. The molecule has 0 unspecified atom stereocenters. The molecular weight excluding hydrogens is 849 g/mol. The summed E-state index contributed by atoms with van der Waals surface area (Å²) in [5.74, 6) is 2.68. The Morgan fingerprint density at radius 1 is 0.698 bits per heavy atom. The second-order valence-corrected chi connectivity index (χ2v) is 31.5. The minimum atomic E-state index is -4.17. The fourth-order valence-electron chi connectivity index (χ4n) is 6.80. The summed E-state index contributed by atoms with van der Waals surface area (Å²) in [5.41, 5.74) is 0.956. The molecule has 0 bridgehead atoms. The van der Waals surface area contributed by atoms with Crippen LogP contribution in [0.15, 0.2) is 41.3 Å². The first-order valence-corrected chi connectivity index (χ1v) is 31.0. The Morgan fingerprint density at radius 3 is 1.70 bits per heavy atom. The van der Waals surface area contributed by atoms with Gasteiger partial charge in [-0.15, -0.1) is 12.3 Å². The number of aliphatic hydroxyl groups is 1. The number of rotatable bonds is 35. The van der Waals surface area contributed by atoms with E-state index in [0.717, 1.165) is 37.7 Å². The summed E-state index contributed by atoms with van der Waals surface area (Å²) in [4.78, 5) is 0.105. The predicted octanol–water partition coefficient (Wildman–Crippen LogP) is 12.6. The quantitative estimate of drug-likeness (QED) is 0.0176. The molecule has 10 nitrogen and oxygen atoms in total. The average molecular weight is 942 g/mol. The highest BCUT2D eigenvalue weighted by molar-refractivity contribution is 7.86. The lowest BCUT2D eigenvalue weighted by Crippen LogP contribution is -2.52. The van der Waals surface area contributed by atoms with E-state index in [1.165, 1.54) is 32.1 Å². The largest absolute Gasteiger partial charge is 0.411 e. The number of benzene rings is 1. The molecule has 1 N–H and O–H groups in total. The van der Waals surface area contributed by atoms with Crippen molar-refractivity contribution in [3.05, 3.63) is 42.0 Å². The first-order chi connectivity index (χ1) is 29.5. The minimum absolute atomic E-state index is 0.00960. The van der Waals surface area contributed by atoms with Crippen molar-refractivity contribution in [2.75, 3.05) is 27.8 Å². The molecule has 0 spiro atoms. The summed E-state index contributed by atoms with van der Waals surface area (Å²) in [7, 11) is -5.90. The predicted molar refractivity (Wildman–Crippen MR) is 264 cm³/mol. The van der Waals surface area contributed by atoms with Gasteiger partial charge in [0.25, 0.3) is 10.1 Å².